The average Bonchev–Trinajstić information content (AvgIpc) is 2.59. The fourth-order valence-electron chi connectivity index (χ4n) is 3.58. The van der Waals surface area contributed by atoms with Gasteiger partial charge in [-0.3, -0.25) is 0 Å². The molecule has 0 heterocycles. The highest BCUT2D eigenvalue weighted by Crippen LogP contribution is 2.39. The Hall–Kier alpha value is -1.73. The van der Waals surface area contributed by atoms with E-state index >= 15 is 0 Å². The van der Waals surface area contributed by atoms with E-state index in [0.29, 0.717) is 0 Å². The van der Waals surface area contributed by atoms with Crippen molar-refractivity contribution < 1.29 is 0 Å². The Balaban J connectivity index is 0.000000332. The maximum atomic E-state index is 4.81. The standard InChI is InChI=1S/C20H12.CHCl3/c1-5-13-6-2-11-17-18-12-4-8-14-7-3-10-16(20(14)18)15(9-1)19(13)17;2-1(3)4/h1-12H;1H. The van der Waals surface area contributed by atoms with E-state index in [2.05, 4.69) is 72.8 Å². The second kappa shape index (κ2) is 6.29. The van der Waals surface area contributed by atoms with Gasteiger partial charge in [0, 0.05) is 0 Å². The monoisotopic (exact) mass is 370 g/mol. The van der Waals surface area contributed by atoms with Crippen LogP contribution in [-0.2, 0) is 0 Å². The number of halogens is 3. The highest BCUT2D eigenvalue weighted by atomic mass is 35.6. The number of fused-ring (bicyclic) bond motifs is 2. The van der Waals surface area contributed by atoms with E-state index in [1.165, 1.54) is 43.1 Å². The molecule has 0 radical (unpaired) electrons. The van der Waals surface area contributed by atoms with E-state index in [9.17, 15) is 0 Å². The lowest BCUT2D eigenvalue weighted by atomic mass is 9.90. The van der Waals surface area contributed by atoms with Crippen molar-refractivity contribution >= 4 is 77.9 Å². The van der Waals surface area contributed by atoms with Crippen molar-refractivity contribution in [3.63, 3.8) is 0 Å². The van der Waals surface area contributed by atoms with Crippen LogP contribution >= 0.6 is 34.8 Å². The maximum Gasteiger partial charge on any atom is 0.180 e. The molecule has 5 aromatic carbocycles. The van der Waals surface area contributed by atoms with Gasteiger partial charge >= 0.3 is 0 Å². The second-order valence-corrected chi connectivity index (χ2v) is 7.65. The Morgan fingerprint density at radius 1 is 0.458 bits per heavy atom. The van der Waals surface area contributed by atoms with E-state index < -0.39 is 4.30 Å². The topological polar surface area (TPSA) is 0 Å². The molecule has 0 saturated heterocycles. The van der Waals surface area contributed by atoms with Gasteiger partial charge < -0.3 is 0 Å². The van der Waals surface area contributed by atoms with Gasteiger partial charge in [0.25, 0.3) is 0 Å². The molecule has 0 fully saturated rings. The SMILES string of the molecule is ClC(Cl)Cl.c1cc2cccc3c4cccc5cccc(c(c1)c23)c54. The number of rotatable bonds is 0. The molecule has 5 aromatic rings. The highest BCUT2D eigenvalue weighted by Gasteiger charge is 2.11. The summed E-state index contributed by atoms with van der Waals surface area (Å²) in [4.78, 5) is 0. The smallest absolute Gasteiger partial charge is 0.0874 e. The maximum absolute atomic E-state index is 4.81. The molecule has 0 N–H and O–H groups in total. The number of alkyl halides is 3. The molecule has 3 heteroatoms. The minimum absolute atomic E-state index is 0.750. The van der Waals surface area contributed by atoms with Crippen LogP contribution in [0, 0.1) is 0 Å². The van der Waals surface area contributed by atoms with Crippen LogP contribution in [-0.4, -0.2) is 4.30 Å². The van der Waals surface area contributed by atoms with Crippen LogP contribution in [0.5, 0.6) is 0 Å². The minimum Gasteiger partial charge on any atom is -0.0874 e. The third-order valence-corrected chi connectivity index (χ3v) is 4.39. The molecule has 24 heavy (non-hydrogen) atoms. The molecular formula is C21H13Cl3. The van der Waals surface area contributed by atoms with Crippen LogP contribution in [0.3, 0.4) is 0 Å². The molecule has 5 rings (SSSR count). The lowest BCUT2D eigenvalue weighted by Crippen LogP contribution is -1.85. The van der Waals surface area contributed by atoms with Crippen LogP contribution < -0.4 is 0 Å². The van der Waals surface area contributed by atoms with E-state index in [0.717, 1.165) is 0 Å². The van der Waals surface area contributed by atoms with E-state index in [-0.39, 0.29) is 0 Å². The van der Waals surface area contributed by atoms with Crippen molar-refractivity contribution in [2.45, 2.75) is 4.30 Å². The molecule has 0 spiro atoms. The third kappa shape index (κ3) is 2.56. The zero-order valence-corrected chi connectivity index (χ0v) is 14.9. The predicted octanol–water partition coefficient (Wildman–Crippen LogP) is 7.72. The fourth-order valence-corrected chi connectivity index (χ4v) is 3.58. The first-order valence-corrected chi connectivity index (χ1v) is 8.94. The Morgan fingerprint density at radius 3 is 0.958 bits per heavy atom. The van der Waals surface area contributed by atoms with Crippen LogP contribution in [0.2, 0.25) is 0 Å². The molecule has 0 unspecified atom stereocenters. The van der Waals surface area contributed by atoms with Crippen LogP contribution in [0.15, 0.2) is 72.8 Å². The van der Waals surface area contributed by atoms with E-state index in [1.54, 1.807) is 0 Å². The zero-order chi connectivity index (χ0) is 16.7. The van der Waals surface area contributed by atoms with Gasteiger partial charge in [0.2, 0.25) is 0 Å². The molecule has 0 atom stereocenters. The fraction of sp³-hybridized carbons (Fsp3) is 0.0476. The molecular weight excluding hydrogens is 359 g/mol. The normalized spacial score (nSPS) is 11.5. The van der Waals surface area contributed by atoms with Gasteiger partial charge in [0.1, 0.15) is 0 Å². The van der Waals surface area contributed by atoms with Crippen molar-refractivity contribution in [2.24, 2.45) is 0 Å². The summed E-state index contributed by atoms with van der Waals surface area (Å²) >= 11 is 14.4. The molecule has 0 aromatic heterocycles. The Morgan fingerprint density at radius 2 is 0.708 bits per heavy atom. The number of hydrogen-bond donors (Lipinski definition) is 0. The lowest BCUT2D eigenvalue weighted by Gasteiger charge is -2.13. The Kier molecular flexibility index (Phi) is 4.14. The van der Waals surface area contributed by atoms with Gasteiger partial charge in [0.15, 0.2) is 4.30 Å². The average molecular weight is 372 g/mol. The zero-order valence-electron chi connectivity index (χ0n) is 12.6. The van der Waals surface area contributed by atoms with Crippen molar-refractivity contribution in [2.75, 3.05) is 0 Å². The molecule has 0 amide bonds. The summed E-state index contributed by atoms with van der Waals surface area (Å²) in [6.45, 7) is 0. The highest BCUT2D eigenvalue weighted by molar-refractivity contribution is 6.63. The summed E-state index contributed by atoms with van der Waals surface area (Å²) in [6.07, 6.45) is 0. The van der Waals surface area contributed by atoms with Crippen LogP contribution in [0.4, 0.5) is 0 Å². The number of hydrogen-bond acceptors (Lipinski definition) is 0. The summed E-state index contributed by atoms with van der Waals surface area (Å²) in [7, 11) is 0. The summed E-state index contributed by atoms with van der Waals surface area (Å²) in [6, 6.07) is 26.4. The third-order valence-electron chi connectivity index (χ3n) is 4.39. The van der Waals surface area contributed by atoms with Gasteiger partial charge in [-0.15, -0.1) is 0 Å². The van der Waals surface area contributed by atoms with Crippen molar-refractivity contribution in [3.05, 3.63) is 72.8 Å². The molecule has 118 valence electrons. The largest absolute Gasteiger partial charge is 0.180 e. The lowest BCUT2D eigenvalue weighted by molar-refractivity contribution is 1.78. The molecule has 0 aliphatic heterocycles. The minimum atomic E-state index is -0.750. The molecule has 0 aliphatic carbocycles. The van der Waals surface area contributed by atoms with E-state index in [4.69, 9.17) is 34.8 Å². The molecule has 0 aliphatic rings. The summed E-state index contributed by atoms with van der Waals surface area (Å²) < 4.78 is -0.750. The van der Waals surface area contributed by atoms with Gasteiger partial charge in [-0.2, -0.15) is 0 Å². The second-order valence-electron chi connectivity index (χ2n) is 5.67. The molecule has 0 nitrogen and oxygen atoms in total. The van der Waals surface area contributed by atoms with Gasteiger partial charge in [-0.1, -0.05) is 108 Å². The molecule has 0 bridgehead atoms. The van der Waals surface area contributed by atoms with Crippen molar-refractivity contribution in [3.8, 4) is 0 Å². The summed E-state index contributed by atoms with van der Waals surface area (Å²) in [5.74, 6) is 0. The number of benzene rings is 5. The van der Waals surface area contributed by atoms with E-state index in [1.807, 2.05) is 0 Å². The first-order valence-electron chi connectivity index (χ1n) is 7.63. The van der Waals surface area contributed by atoms with Gasteiger partial charge in [-0.25, -0.2) is 0 Å². The van der Waals surface area contributed by atoms with Crippen molar-refractivity contribution in [1.29, 1.82) is 0 Å². The predicted molar refractivity (Wildman–Crippen MR) is 109 cm³/mol. The molecule has 0 saturated carbocycles. The van der Waals surface area contributed by atoms with Crippen LogP contribution in [0.25, 0.3) is 43.1 Å². The van der Waals surface area contributed by atoms with Gasteiger partial charge in [-0.05, 0) is 43.1 Å². The summed E-state index contributed by atoms with van der Waals surface area (Å²) in [5, 5.41) is 10.9. The first kappa shape index (κ1) is 15.8. The van der Waals surface area contributed by atoms with Gasteiger partial charge in [0.05, 0.1) is 0 Å². The van der Waals surface area contributed by atoms with Crippen LogP contribution in [0.1, 0.15) is 0 Å². The Labute approximate surface area is 154 Å². The van der Waals surface area contributed by atoms with Crippen molar-refractivity contribution in [1.82, 2.24) is 0 Å². The Bertz CT molecular complexity index is 973. The quantitative estimate of drug-likeness (QED) is 0.148. The summed E-state index contributed by atoms with van der Waals surface area (Å²) in [5.41, 5.74) is 0. The first-order chi connectivity index (χ1) is 11.7.